The summed E-state index contributed by atoms with van der Waals surface area (Å²) in [5.74, 6) is -1.14. The van der Waals surface area contributed by atoms with Crippen molar-refractivity contribution in [1.82, 2.24) is 9.97 Å². The highest BCUT2D eigenvalue weighted by atomic mass is 16.3. The molecule has 1 aromatic carbocycles. The molecule has 6 nitrogen and oxygen atoms in total. The van der Waals surface area contributed by atoms with E-state index in [9.17, 15) is 15.0 Å². The lowest BCUT2D eigenvalue weighted by molar-refractivity contribution is 0.102. The van der Waals surface area contributed by atoms with Gasteiger partial charge in [-0.25, -0.2) is 9.97 Å². The number of carbonyl (C=O) groups excluding carboxylic acids is 1. The van der Waals surface area contributed by atoms with Crippen molar-refractivity contribution in [1.29, 1.82) is 0 Å². The van der Waals surface area contributed by atoms with Crippen molar-refractivity contribution in [3.63, 3.8) is 0 Å². The van der Waals surface area contributed by atoms with Gasteiger partial charge in [0.05, 0.1) is 0 Å². The Morgan fingerprint density at radius 1 is 1.11 bits per heavy atom. The second kappa shape index (κ2) is 4.93. The van der Waals surface area contributed by atoms with E-state index in [1.165, 1.54) is 18.2 Å². The molecule has 19 heavy (non-hydrogen) atoms. The zero-order chi connectivity index (χ0) is 14.0. The van der Waals surface area contributed by atoms with Crippen molar-refractivity contribution in [3.05, 3.63) is 41.2 Å². The number of hydrogen-bond donors (Lipinski definition) is 3. The summed E-state index contributed by atoms with van der Waals surface area (Å²) in [5.41, 5.74) is 1.22. The molecule has 1 heterocycles. The molecule has 3 N–H and O–H groups in total. The van der Waals surface area contributed by atoms with Crippen LogP contribution in [0.3, 0.4) is 0 Å². The summed E-state index contributed by atoms with van der Waals surface area (Å²) in [5, 5.41) is 21.6. The summed E-state index contributed by atoms with van der Waals surface area (Å²) in [6, 6.07) is 5.84. The van der Waals surface area contributed by atoms with Gasteiger partial charge in [-0.2, -0.15) is 0 Å². The summed E-state index contributed by atoms with van der Waals surface area (Å²) in [6.45, 7) is 3.56. The van der Waals surface area contributed by atoms with E-state index in [1.54, 1.807) is 19.9 Å². The smallest absolute Gasteiger partial charge is 0.265 e. The highest BCUT2D eigenvalue weighted by molar-refractivity contribution is 6.07. The van der Waals surface area contributed by atoms with Crippen LogP contribution in [0.4, 0.5) is 5.95 Å². The van der Waals surface area contributed by atoms with Crippen LogP contribution < -0.4 is 5.32 Å². The van der Waals surface area contributed by atoms with Gasteiger partial charge in [0.15, 0.2) is 0 Å². The van der Waals surface area contributed by atoms with Crippen LogP contribution in [0.15, 0.2) is 24.3 Å². The van der Waals surface area contributed by atoms with Crippen molar-refractivity contribution < 1.29 is 15.0 Å². The highest BCUT2D eigenvalue weighted by Crippen LogP contribution is 2.26. The summed E-state index contributed by atoms with van der Waals surface area (Å²) >= 11 is 0. The number of nitrogens with zero attached hydrogens (tertiary/aromatic N) is 2. The van der Waals surface area contributed by atoms with Gasteiger partial charge in [0.1, 0.15) is 17.1 Å². The van der Waals surface area contributed by atoms with Crippen molar-refractivity contribution in [3.8, 4) is 11.5 Å². The average molecular weight is 259 g/mol. The van der Waals surface area contributed by atoms with E-state index in [2.05, 4.69) is 15.3 Å². The molecule has 0 atom stereocenters. The predicted molar refractivity (Wildman–Crippen MR) is 69.2 cm³/mol. The number of nitrogens with one attached hydrogen (secondary N) is 1. The first-order valence-corrected chi connectivity index (χ1v) is 5.62. The SMILES string of the molecule is Cc1cc(C)nc(NC(=O)c2c(O)cccc2O)n1. The Morgan fingerprint density at radius 3 is 2.16 bits per heavy atom. The monoisotopic (exact) mass is 259 g/mol. The van der Waals surface area contributed by atoms with Crippen LogP contribution in [-0.2, 0) is 0 Å². The van der Waals surface area contributed by atoms with Crippen molar-refractivity contribution >= 4 is 11.9 Å². The minimum absolute atomic E-state index is 0.130. The van der Waals surface area contributed by atoms with Crippen molar-refractivity contribution in [2.75, 3.05) is 5.32 Å². The zero-order valence-electron chi connectivity index (χ0n) is 10.5. The topological polar surface area (TPSA) is 95.3 Å². The van der Waals surface area contributed by atoms with Crippen LogP contribution in [0.2, 0.25) is 0 Å². The molecule has 1 aromatic heterocycles. The van der Waals surface area contributed by atoms with Crippen LogP contribution in [0, 0.1) is 13.8 Å². The molecule has 0 aliphatic rings. The van der Waals surface area contributed by atoms with Crippen LogP contribution >= 0.6 is 0 Å². The third kappa shape index (κ3) is 2.79. The summed E-state index contributed by atoms with van der Waals surface area (Å²) in [6.07, 6.45) is 0. The molecule has 0 radical (unpaired) electrons. The Balaban J connectivity index is 2.31. The summed E-state index contributed by atoms with van der Waals surface area (Å²) < 4.78 is 0. The standard InChI is InChI=1S/C13H13N3O3/c1-7-6-8(2)15-13(14-7)16-12(19)11-9(17)4-3-5-10(11)18/h3-6,17-18H,1-2H3,(H,14,15,16,19). The lowest BCUT2D eigenvalue weighted by atomic mass is 10.1. The number of aromatic nitrogens is 2. The van der Waals surface area contributed by atoms with E-state index in [1.807, 2.05) is 0 Å². The molecule has 0 spiro atoms. The largest absolute Gasteiger partial charge is 0.507 e. The zero-order valence-corrected chi connectivity index (χ0v) is 10.5. The molecular weight excluding hydrogens is 246 g/mol. The molecule has 2 rings (SSSR count). The van der Waals surface area contributed by atoms with Gasteiger partial charge in [-0.05, 0) is 32.0 Å². The first-order valence-electron chi connectivity index (χ1n) is 5.62. The van der Waals surface area contributed by atoms with Gasteiger partial charge in [0, 0.05) is 11.4 Å². The number of carbonyl (C=O) groups is 1. The number of rotatable bonds is 2. The Bertz CT molecular complexity index is 601. The van der Waals surface area contributed by atoms with E-state index in [0.29, 0.717) is 11.4 Å². The quantitative estimate of drug-likeness (QED) is 0.763. The fourth-order valence-corrected chi connectivity index (χ4v) is 1.71. The van der Waals surface area contributed by atoms with E-state index >= 15 is 0 Å². The van der Waals surface area contributed by atoms with E-state index in [-0.39, 0.29) is 23.0 Å². The predicted octanol–water partition coefficient (Wildman–Crippen LogP) is 1.76. The normalized spacial score (nSPS) is 10.2. The molecular formula is C13H13N3O3. The van der Waals surface area contributed by atoms with Gasteiger partial charge < -0.3 is 10.2 Å². The minimum atomic E-state index is -0.666. The van der Waals surface area contributed by atoms with Crippen molar-refractivity contribution in [2.24, 2.45) is 0 Å². The van der Waals surface area contributed by atoms with Gasteiger partial charge in [-0.15, -0.1) is 0 Å². The molecule has 98 valence electrons. The molecule has 0 unspecified atom stereocenters. The molecule has 0 bridgehead atoms. The van der Waals surface area contributed by atoms with Crippen LogP contribution in [0.5, 0.6) is 11.5 Å². The summed E-state index contributed by atoms with van der Waals surface area (Å²) in [7, 11) is 0. The van der Waals surface area contributed by atoms with Crippen LogP contribution in [0.25, 0.3) is 0 Å². The molecule has 1 amide bonds. The number of phenolic OH excluding ortho intramolecular Hbond substituents is 2. The molecule has 6 heteroatoms. The number of amides is 1. The van der Waals surface area contributed by atoms with Gasteiger partial charge in [0.25, 0.3) is 5.91 Å². The molecule has 2 aromatic rings. The number of aromatic hydroxyl groups is 2. The van der Waals surface area contributed by atoms with E-state index in [4.69, 9.17) is 0 Å². The maximum absolute atomic E-state index is 12.0. The lowest BCUT2D eigenvalue weighted by Gasteiger charge is -2.08. The third-order valence-electron chi connectivity index (χ3n) is 2.46. The van der Waals surface area contributed by atoms with Gasteiger partial charge in [-0.3, -0.25) is 10.1 Å². The number of benzene rings is 1. The Labute approximate surface area is 109 Å². The fraction of sp³-hybridized carbons (Fsp3) is 0.154. The molecule has 0 fully saturated rings. The Hall–Kier alpha value is -2.63. The second-order valence-corrected chi connectivity index (χ2v) is 4.10. The molecule has 0 aliphatic carbocycles. The van der Waals surface area contributed by atoms with Gasteiger partial charge >= 0.3 is 0 Å². The summed E-state index contributed by atoms with van der Waals surface area (Å²) in [4.78, 5) is 20.1. The van der Waals surface area contributed by atoms with Gasteiger partial charge in [-0.1, -0.05) is 6.07 Å². The number of anilines is 1. The maximum Gasteiger partial charge on any atom is 0.265 e. The lowest BCUT2D eigenvalue weighted by Crippen LogP contribution is -2.15. The van der Waals surface area contributed by atoms with Crippen molar-refractivity contribution in [2.45, 2.75) is 13.8 Å². The van der Waals surface area contributed by atoms with E-state index in [0.717, 1.165) is 0 Å². The fourth-order valence-electron chi connectivity index (χ4n) is 1.71. The molecule has 0 aliphatic heterocycles. The van der Waals surface area contributed by atoms with Crippen LogP contribution in [-0.4, -0.2) is 26.1 Å². The number of aryl methyl sites for hydroxylation is 2. The average Bonchev–Trinajstić information content (AvgIpc) is 2.26. The number of hydrogen-bond acceptors (Lipinski definition) is 5. The first kappa shape index (κ1) is 12.8. The Kier molecular flexibility index (Phi) is 3.33. The van der Waals surface area contributed by atoms with Gasteiger partial charge in [0.2, 0.25) is 5.95 Å². The first-order chi connectivity index (χ1) is 8.97. The molecule has 0 saturated heterocycles. The maximum atomic E-state index is 12.0. The van der Waals surface area contributed by atoms with E-state index < -0.39 is 5.91 Å². The Morgan fingerprint density at radius 2 is 1.63 bits per heavy atom. The number of phenols is 2. The second-order valence-electron chi connectivity index (χ2n) is 4.10. The minimum Gasteiger partial charge on any atom is -0.507 e. The van der Waals surface area contributed by atoms with Crippen LogP contribution in [0.1, 0.15) is 21.7 Å². The highest BCUT2D eigenvalue weighted by Gasteiger charge is 2.17. The molecule has 0 saturated carbocycles. The third-order valence-corrected chi connectivity index (χ3v) is 2.46.